The van der Waals surface area contributed by atoms with Crippen molar-refractivity contribution in [3.05, 3.63) is 48.0 Å². The van der Waals surface area contributed by atoms with Crippen LogP contribution in [0, 0.1) is 47.9 Å². The van der Waals surface area contributed by atoms with Crippen molar-refractivity contribution < 1.29 is 14.8 Å². The van der Waals surface area contributed by atoms with Gasteiger partial charge in [-0.05, 0) is 44.4 Å². The fraction of sp³-hybridized carbons (Fsp3) is 0.455. The molecule has 0 heterocycles. The quantitative estimate of drug-likeness (QED) is 0.607. The third-order valence-electron chi connectivity index (χ3n) is 3.28. The molecule has 7 nitrogen and oxygen atoms in total. The Morgan fingerprint density at radius 3 is 1.89 bits per heavy atom. The number of rotatable bonds is 4. The van der Waals surface area contributed by atoms with Gasteiger partial charge in [0.05, 0.1) is 10.5 Å². The van der Waals surface area contributed by atoms with E-state index < -0.39 is 16.6 Å². The molecule has 0 bridgehead atoms. The molecule has 0 saturated carbocycles. The van der Waals surface area contributed by atoms with Gasteiger partial charge in [-0.25, -0.2) is 0 Å². The first-order valence-corrected chi connectivity index (χ1v) is 5.28. The molecule has 0 saturated heterocycles. The second-order valence-corrected chi connectivity index (χ2v) is 4.08. The monoisotopic (exact) mass is 254 g/mol. The van der Waals surface area contributed by atoms with E-state index in [2.05, 4.69) is 4.84 Å². The van der Waals surface area contributed by atoms with Crippen LogP contribution in [0.3, 0.4) is 0 Å². The van der Waals surface area contributed by atoms with Gasteiger partial charge in [0, 0.05) is 5.56 Å². The maximum atomic E-state index is 11.1. The molecule has 1 rings (SSSR count). The molecule has 0 aliphatic carbocycles. The van der Waals surface area contributed by atoms with Crippen molar-refractivity contribution in [2.45, 2.75) is 34.3 Å². The molecule has 0 unspecified atom stereocenters. The molecule has 7 heteroatoms. The molecule has 1 aromatic carbocycles. The topological polar surface area (TPSA) is 95.5 Å². The predicted octanol–water partition coefficient (Wildman–Crippen LogP) is 2.54. The van der Waals surface area contributed by atoms with E-state index in [1.807, 2.05) is 6.92 Å². The third-order valence-corrected chi connectivity index (χ3v) is 3.28. The van der Waals surface area contributed by atoms with Crippen LogP contribution in [0.15, 0.2) is 0 Å². The molecule has 0 amide bonds. The lowest BCUT2D eigenvalue weighted by molar-refractivity contribution is -0.763. The van der Waals surface area contributed by atoms with Gasteiger partial charge in [-0.1, -0.05) is 0 Å². The summed E-state index contributed by atoms with van der Waals surface area (Å²) in [6, 6.07) is 0. The zero-order valence-electron chi connectivity index (χ0n) is 10.6. The van der Waals surface area contributed by atoms with E-state index in [-0.39, 0.29) is 11.3 Å². The Morgan fingerprint density at radius 1 is 0.944 bits per heavy atom. The largest absolute Gasteiger partial charge is 0.309 e. The van der Waals surface area contributed by atoms with E-state index >= 15 is 0 Å². The molecular formula is C11H14N2O5. The molecule has 0 spiro atoms. The number of nitro benzene ring substituents is 1. The van der Waals surface area contributed by atoms with Gasteiger partial charge in [0.25, 0.3) is 10.8 Å². The second-order valence-electron chi connectivity index (χ2n) is 4.08. The van der Waals surface area contributed by atoms with Gasteiger partial charge in [-0.15, -0.1) is 10.1 Å². The molecule has 98 valence electrons. The van der Waals surface area contributed by atoms with Crippen LogP contribution in [0.5, 0.6) is 0 Å². The average molecular weight is 254 g/mol. The van der Waals surface area contributed by atoms with Gasteiger partial charge in [-0.2, -0.15) is 0 Å². The highest BCUT2D eigenvalue weighted by Crippen LogP contribution is 2.32. The summed E-state index contributed by atoms with van der Waals surface area (Å²) in [5.41, 5.74) is 3.05. The second kappa shape index (κ2) is 4.99. The normalized spacial score (nSPS) is 10.2. The van der Waals surface area contributed by atoms with E-state index in [1.54, 1.807) is 20.8 Å². The summed E-state index contributed by atoms with van der Waals surface area (Å²) >= 11 is 0. The molecule has 0 aliphatic heterocycles. The fourth-order valence-electron chi connectivity index (χ4n) is 1.91. The third kappa shape index (κ3) is 2.39. The SMILES string of the molecule is Cc1c(C)c(C)c([N+](=O)[O-])c(CO[N+](=O)[O-])c1C. The first kappa shape index (κ1) is 13.9. The van der Waals surface area contributed by atoms with E-state index in [9.17, 15) is 20.2 Å². The smallest absolute Gasteiger partial charge is 0.294 e. The predicted molar refractivity (Wildman–Crippen MR) is 63.8 cm³/mol. The van der Waals surface area contributed by atoms with Crippen LogP contribution >= 0.6 is 0 Å². The molecule has 0 N–H and O–H groups in total. The number of hydrogen-bond donors (Lipinski definition) is 0. The summed E-state index contributed by atoms with van der Waals surface area (Å²) in [5, 5.41) is 20.3. The van der Waals surface area contributed by atoms with Gasteiger partial charge in [0.1, 0.15) is 6.61 Å². The summed E-state index contributed by atoms with van der Waals surface area (Å²) in [4.78, 5) is 25.0. The molecule has 0 aliphatic rings. The molecule has 0 atom stereocenters. The highest BCUT2D eigenvalue weighted by atomic mass is 16.9. The van der Waals surface area contributed by atoms with E-state index in [4.69, 9.17) is 0 Å². The minimum Gasteiger partial charge on any atom is -0.309 e. The highest BCUT2D eigenvalue weighted by Gasteiger charge is 2.24. The Balaban J connectivity index is 3.46. The maximum Gasteiger partial charge on any atom is 0.294 e. The van der Waals surface area contributed by atoms with Crippen molar-refractivity contribution in [2.75, 3.05) is 0 Å². The molecule has 0 radical (unpaired) electrons. The Morgan fingerprint density at radius 2 is 1.44 bits per heavy atom. The molecule has 1 aromatic rings. The number of nitro groups is 1. The zero-order valence-corrected chi connectivity index (χ0v) is 10.6. The van der Waals surface area contributed by atoms with E-state index in [0.717, 1.165) is 11.1 Å². The van der Waals surface area contributed by atoms with Crippen LogP contribution in [0.4, 0.5) is 5.69 Å². The number of nitrogens with zero attached hydrogens (tertiary/aromatic N) is 2. The van der Waals surface area contributed by atoms with Crippen molar-refractivity contribution in [3.63, 3.8) is 0 Å². The maximum absolute atomic E-state index is 11.1. The summed E-state index contributed by atoms with van der Waals surface area (Å²) in [6.07, 6.45) is 0. The van der Waals surface area contributed by atoms with Crippen LogP contribution < -0.4 is 0 Å². The standard InChI is InChI=1S/C11H14N2O5/c1-6-7(2)9(4)11(12(14)15)10(8(6)3)5-18-13(16)17/h5H2,1-4H3. The first-order valence-electron chi connectivity index (χ1n) is 5.28. The van der Waals surface area contributed by atoms with Crippen molar-refractivity contribution in [3.8, 4) is 0 Å². The highest BCUT2D eigenvalue weighted by molar-refractivity contribution is 5.58. The van der Waals surface area contributed by atoms with Crippen LogP contribution in [-0.2, 0) is 11.4 Å². The van der Waals surface area contributed by atoms with E-state index in [1.165, 1.54) is 0 Å². The van der Waals surface area contributed by atoms with Crippen LogP contribution in [0.25, 0.3) is 0 Å². The summed E-state index contributed by atoms with van der Waals surface area (Å²) in [5.74, 6) is 0. The lowest BCUT2D eigenvalue weighted by atomic mass is 9.93. The molecule has 0 fully saturated rings. The fourth-order valence-corrected chi connectivity index (χ4v) is 1.91. The van der Waals surface area contributed by atoms with Gasteiger partial charge in [0.15, 0.2) is 0 Å². The average Bonchev–Trinajstić information content (AvgIpc) is 2.28. The van der Waals surface area contributed by atoms with Crippen LogP contribution in [0.2, 0.25) is 0 Å². The van der Waals surface area contributed by atoms with Crippen LogP contribution in [0.1, 0.15) is 27.8 Å². The molecular weight excluding hydrogens is 240 g/mol. The van der Waals surface area contributed by atoms with Crippen molar-refractivity contribution >= 4 is 5.69 Å². The Bertz CT molecular complexity index is 525. The Kier molecular flexibility index (Phi) is 3.85. The Hall–Kier alpha value is -2.18. The van der Waals surface area contributed by atoms with Gasteiger partial charge in [0.2, 0.25) is 0 Å². The molecule has 0 aromatic heterocycles. The summed E-state index contributed by atoms with van der Waals surface area (Å²) in [6.45, 7) is 6.56. The Labute approximate surface area is 104 Å². The van der Waals surface area contributed by atoms with Crippen LogP contribution in [-0.4, -0.2) is 10.0 Å². The summed E-state index contributed by atoms with van der Waals surface area (Å²) < 4.78 is 0. The minimum atomic E-state index is -0.951. The first-order chi connectivity index (χ1) is 8.27. The minimum absolute atomic E-state index is 0.0996. The van der Waals surface area contributed by atoms with Crippen molar-refractivity contribution in [1.29, 1.82) is 0 Å². The zero-order chi connectivity index (χ0) is 14.0. The van der Waals surface area contributed by atoms with Gasteiger partial charge < -0.3 is 4.84 Å². The molecule has 18 heavy (non-hydrogen) atoms. The van der Waals surface area contributed by atoms with E-state index in [0.29, 0.717) is 11.1 Å². The lowest BCUT2D eigenvalue weighted by Gasteiger charge is -2.14. The number of hydrogen-bond acceptors (Lipinski definition) is 5. The summed E-state index contributed by atoms with van der Waals surface area (Å²) in [7, 11) is 0. The van der Waals surface area contributed by atoms with Crippen molar-refractivity contribution in [1.82, 2.24) is 0 Å². The number of benzene rings is 1. The van der Waals surface area contributed by atoms with Crippen molar-refractivity contribution in [2.24, 2.45) is 0 Å². The van der Waals surface area contributed by atoms with Gasteiger partial charge in [-0.3, -0.25) is 10.1 Å². The lowest BCUT2D eigenvalue weighted by Crippen LogP contribution is -2.09. The van der Waals surface area contributed by atoms with Gasteiger partial charge >= 0.3 is 0 Å².